The highest BCUT2D eigenvalue weighted by molar-refractivity contribution is 6.33. The maximum atomic E-state index is 14.4. The predicted molar refractivity (Wildman–Crippen MR) is 146 cm³/mol. The second-order valence-corrected chi connectivity index (χ2v) is 11.9. The maximum Gasteiger partial charge on any atom is 0.235 e. The molecule has 0 saturated heterocycles. The predicted octanol–water partition coefficient (Wildman–Crippen LogP) is 0.0923. The molecule has 3 aliphatic carbocycles. The van der Waals surface area contributed by atoms with Gasteiger partial charge in [0.05, 0.1) is 23.2 Å². The van der Waals surface area contributed by atoms with E-state index in [1.807, 2.05) is 32.0 Å². The standard InChI is InChI=1S/C30H31N5O6/c1-13-5-6-15(9-14(13)2)16-7-8-18(36)19-17(16)10-28(33)11-30(34)24(35(3)4)23(38)20(27(32)41)25(39)29(30,12-31)26(40)21(28)22(19)37/h5-9,20-21,24,36H,10-11,33-34H2,1-4H3,(H2,32,41)/t20?,21?,24-,28-,29+,30-/m1/s1. The number of carbonyl (C=O) groups is 5. The summed E-state index contributed by atoms with van der Waals surface area (Å²) in [6, 6.07) is 8.99. The molecule has 6 atom stereocenters. The lowest BCUT2D eigenvalue weighted by molar-refractivity contribution is -0.166. The van der Waals surface area contributed by atoms with Crippen molar-refractivity contribution in [3.8, 4) is 22.9 Å². The summed E-state index contributed by atoms with van der Waals surface area (Å²) in [6.45, 7) is 3.90. The topological polar surface area (TPSA) is 211 Å². The summed E-state index contributed by atoms with van der Waals surface area (Å²) < 4.78 is 0. The lowest BCUT2D eigenvalue weighted by Gasteiger charge is -2.60. The van der Waals surface area contributed by atoms with Gasteiger partial charge >= 0.3 is 0 Å². The average molecular weight is 558 g/mol. The number of phenols is 1. The second-order valence-electron chi connectivity index (χ2n) is 11.9. The van der Waals surface area contributed by atoms with Gasteiger partial charge in [0.1, 0.15) is 11.7 Å². The number of primary amides is 1. The summed E-state index contributed by atoms with van der Waals surface area (Å²) >= 11 is 0. The number of benzene rings is 2. The van der Waals surface area contributed by atoms with Crippen LogP contribution in [0.4, 0.5) is 0 Å². The third kappa shape index (κ3) is 3.45. The fourth-order valence-electron chi connectivity index (χ4n) is 7.39. The third-order valence-corrected chi connectivity index (χ3v) is 9.29. The van der Waals surface area contributed by atoms with Gasteiger partial charge in [0.15, 0.2) is 34.5 Å². The van der Waals surface area contributed by atoms with Gasteiger partial charge in [-0.2, -0.15) is 5.26 Å². The Kier molecular flexibility index (Phi) is 6.13. The van der Waals surface area contributed by atoms with E-state index in [9.17, 15) is 34.3 Å². The number of carbonyl (C=O) groups excluding carboxylic acids is 5. The minimum atomic E-state index is -2.77. The summed E-state index contributed by atoms with van der Waals surface area (Å²) in [5.74, 6) is -9.90. The first-order chi connectivity index (χ1) is 19.1. The molecule has 212 valence electrons. The summed E-state index contributed by atoms with van der Waals surface area (Å²) in [6.07, 6.45) is -0.577. The van der Waals surface area contributed by atoms with Crippen LogP contribution < -0.4 is 17.2 Å². The minimum absolute atomic E-state index is 0.122. The van der Waals surface area contributed by atoms with Crippen LogP contribution in [0.15, 0.2) is 30.3 Å². The first-order valence-electron chi connectivity index (χ1n) is 13.1. The summed E-state index contributed by atoms with van der Waals surface area (Å²) in [5, 5.41) is 21.3. The SMILES string of the molecule is Cc1ccc(-c2ccc(O)c3c2C[C@@]2(N)C[C@@]4(N)[C@H](N(C)C)C(=O)C(C(N)=O)C(=O)[C@@]4(C#N)C(=O)C2C3=O)cc1C. The van der Waals surface area contributed by atoms with Crippen molar-refractivity contribution in [1.82, 2.24) is 4.90 Å². The zero-order chi connectivity index (χ0) is 30.4. The Morgan fingerprint density at radius 3 is 2.27 bits per heavy atom. The number of hydrogen-bond acceptors (Lipinski definition) is 10. The van der Waals surface area contributed by atoms with E-state index in [2.05, 4.69) is 0 Å². The molecule has 0 aromatic heterocycles. The van der Waals surface area contributed by atoms with Gasteiger partial charge in [0, 0.05) is 5.54 Å². The number of fused-ring (bicyclic) bond motifs is 3. The zero-order valence-electron chi connectivity index (χ0n) is 23.1. The van der Waals surface area contributed by atoms with Crippen molar-refractivity contribution in [2.24, 2.45) is 34.5 Å². The molecular weight excluding hydrogens is 526 g/mol. The molecule has 2 aromatic rings. The van der Waals surface area contributed by atoms with Gasteiger partial charge in [-0.05, 0) is 74.7 Å². The number of ketones is 4. The maximum absolute atomic E-state index is 14.4. The molecule has 41 heavy (non-hydrogen) atoms. The van der Waals surface area contributed by atoms with Gasteiger partial charge in [-0.3, -0.25) is 28.9 Å². The van der Waals surface area contributed by atoms with Gasteiger partial charge in [0.2, 0.25) is 5.91 Å². The third-order valence-electron chi connectivity index (χ3n) is 9.29. The Bertz CT molecular complexity index is 1640. The van der Waals surface area contributed by atoms with Crippen molar-refractivity contribution in [1.29, 1.82) is 5.26 Å². The quantitative estimate of drug-likeness (QED) is 0.374. The van der Waals surface area contributed by atoms with E-state index in [-0.39, 0.29) is 17.7 Å². The number of nitrogens with zero attached hydrogens (tertiary/aromatic N) is 2. The molecule has 0 bridgehead atoms. The van der Waals surface area contributed by atoms with Crippen molar-refractivity contribution < 1.29 is 29.1 Å². The van der Waals surface area contributed by atoms with Gasteiger partial charge in [-0.1, -0.05) is 24.3 Å². The van der Waals surface area contributed by atoms with Crippen LogP contribution in [0.5, 0.6) is 5.75 Å². The molecule has 0 spiro atoms. The first kappa shape index (κ1) is 28.3. The van der Waals surface area contributed by atoms with E-state index in [4.69, 9.17) is 17.2 Å². The number of Topliss-reactive ketones (excluding diaryl/α,β-unsaturated/α-hetero) is 4. The van der Waals surface area contributed by atoms with E-state index in [0.29, 0.717) is 11.1 Å². The number of rotatable bonds is 3. The normalized spacial score (nSPS) is 32.7. The smallest absolute Gasteiger partial charge is 0.235 e. The second kappa shape index (κ2) is 8.88. The van der Waals surface area contributed by atoms with Gasteiger partial charge < -0.3 is 22.3 Å². The molecule has 2 unspecified atom stereocenters. The molecule has 0 aliphatic heterocycles. The molecule has 7 N–H and O–H groups in total. The molecule has 1 amide bonds. The van der Waals surface area contributed by atoms with Gasteiger partial charge in [-0.15, -0.1) is 0 Å². The summed E-state index contributed by atoms with van der Waals surface area (Å²) in [7, 11) is 2.92. The fourth-order valence-corrected chi connectivity index (χ4v) is 7.39. The molecule has 0 radical (unpaired) electrons. The Hall–Kier alpha value is -4.24. The van der Waals surface area contributed by atoms with E-state index in [1.165, 1.54) is 25.1 Å². The fraction of sp³-hybridized carbons (Fsp3) is 0.400. The van der Waals surface area contributed by atoms with Crippen LogP contribution in [0.2, 0.25) is 0 Å². The molecule has 2 fully saturated rings. The molecule has 5 rings (SSSR count). The number of aryl methyl sites for hydroxylation is 2. The van der Waals surface area contributed by atoms with Crippen molar-refractivity contribution in [2.45, 2.75) is 43.8 Å². The molecule has 11 nitrogen and oxygen atoms in total. The van der Waals surface area contributed by atoms with Crippen molar-refractivity contribution >= 4 is 29.0 Å². The Morgan fingerprint density at radius 2 is 1.71 bits per heavy atom. The van der Waals surface area contributed by atoms with Crippen LogP contribution in [0.1, 0.15) is 33.5 Å². The van der Waals surface area contributed by atoms with Crippen LogP contribution >= 0.6 is 0 Å². The van der Waals surface area contributed by atoms with Crippen molar-refractivity contribution in [3.05, 3.63) is 52.6 Å². The van der Waals surface area contributed by atoms with Crippen LogP contribution in [0, 0.1) is 42.4 Å². The van der Waals surface area contributed by atoms with E-state index in [0.717, 1.165) is 16.7 Å². The number of amides is 1. The molecule has 2 saturated carbocycles. The lowest BCUT2D eigenvalue weighted by atomic mass is 9.42. The average Bonchev–Trinajstić information content (AvgIpc) is 2.84. The monoisotopic (exact) mass is 557 g/mol. The Morgan fingerprint density at radius 1 is 1.05 bits per heavy atom. The first-order valence-corrected chi connectivity index (χ1v) is 13.1. The van der Waals surface area contributed by atoms with Crippen LogP contribution in [0.25, 0.3) is 11.1 Å². The summed E-state index contributed by atoms with van der Waals surface area (Å²) in [4.78, 5) is 69.5. The molecular formula is C30H31N5O6. The highest BCUT2D eigenvalue weighted by atomic mass is 16.3. The number of nitriles is 1. The number of phenolic OH excluding ortho intramolecular Hbond substituents is 1. The Labute approximate surface area is 236 Å². The van der Waals surface area contributed by atoms with Crippen LogP contribution in [-0.4, -0.2) is 70.3 Å². The number of hydrogen-bond donors (Lipinski definition) is 4. The van der Waals surface area contributed by atoms with Crippen molar-refractivity contribution in [2.75, 3.05) is 14.1 Å². The van der Waals surface area contributed by atoms with Gasteiger partial charge in [-0.25, -0.2) is 0 Å². The lowest BCUT2D eigenvalue weighted by Crippen LogP contribution is -2.85. The Balaban J connectivity index is 1.78. The van der Waals surface area contributed by atoms with Crippen LogP contribution in [0.3, 0.4) is 0 Å². The summed E-state index contributed by atoms with van der Waals surface area (Å²) in [5.41, 5.74) is 16.2. The highest BCUT2D eigenvalue weighted by Crippen LogP contribution is 2.57. The zero-order valence-corrected chi connectivity index (χ0v) is 23.1. The van der Waals surface area contributed by atoms with E-state index in [1.54, 1.807) is 12.1 Å². The van der Waals surface area contributed by atoms with Crippen LogP contribution in [-0.2, 0) is 25.6 Å². The largest absolute Gasteiger partial charge is 0.507 e. The number of aromatic hydroxyl groups is 1. The minimum Gasteiger partial charge on any atom is -0.507 e. The number of likely N-dealkylation sites (N-methyl/N-ethyl adjacent to an activating group) is 1. The number of nitrogens with two attached hydrogens (primary N) is 3. The van der Waals surface area contributed by atoms with Crippen molar-refractivity contribution in [3.63, 3.8) is 0 Å². The highest BCUT2D eigenvalue weighted by Gasteiger charge is 2.78. The van der Waals surface area contributed by atoms with Gasteiger partial charge in [0.25, 0.3) is 0 Å². The van der Waals surface area contributed by atoms with E-state index < -0.39 is 69.8 Å². The molecule has 2 aromatic carbocycles. The van der Waals surface area contributed by atoms with E-state index >= 15 is 0 Å². The molecule has 3 aliphatic rings. The molecule has 11 heteroatoms. The molecule has 0 heterocycles.